The summed E-state index contributed by atoms with van der Waals surface area (Å²) in [5, 5.41) is 11.3. The first-order valence-corrected chi connectivity index (χ1v) is 3.51. The Morgan fingerprint density at radius 2 is 2.38 bits per heavy atom. The molecule has 0 bridgehead atoms. The molecule has 0 aliphatic heterocycles. The molecule has 5 nitrogen and oxygen atoms in total. The van der Waals surface area contributed by atoms with Crippen molar-refractivity contribution in [2.45, 2.75) is 0 Å². The molecule has 0 atom stereocenters. The largest absolute Gasteiger partial charge is 0.464 e. The van der Waals surface area contributed by atoms with Gasteiger partial charge in [0.1, 0.15) is 0 Å². The summed E-state index contributed by atoms with van der Waals surface area (Å²) < 4.78 is 4.39. The second-order valence-electron chi connectivity index (χ2n) is 2.16. The smallest absolute Gasteiger partial charge is 0.362 e. The van der Waals surface area contributed by atoms with Crippen LogP contribution in [0.2, 0.25) is 0 Å². The highest BCUT2D eigenvalue weighted by Gasteiger charge is 2.15. The third-order valence-corrected chi connectivity index (χ3v) is 1.39. The first-order chi connectivity index (χ1) is 6.29. The molecule has 0 aliphatic rings. The summed E-state index contributed by atoms with van der Waals surface area (Å²) in [7, 11) is 1.20. The van der Waals surface area contributed by atoms with Gasteiger partial charge in [0, 0.05) is 6.20 Å². The van der Waals surface area contributed by atoms with E-state index < -0.39 is 5.97 Å². The number of oxime groups is 1. The molecule has 1 rings (SSSR count). The maximum atomic E-state index is 11.0. The molecule has 13 heavy (non-hydrogen) atoms. The van der Waals surface area contributed by atoms with Gasteiger partial charge in [-0.15, -0.1) is 0 Å². The van der Waals surface area contributed by atoms with Crippen LogP contribution in [0.25, 0.3) is 0 Å². The van der Waals surface area contributed by atoms with Crippen LogP contribution >= 0.6 is 0 Å². The van der Waals surface area contributed by atoms with Gasteiger partial charge in [0.15, 0.2) is 0 Å². The van der Waals surface area contributed by atoms with Crippen molar-refractivity contribution in [3.8, 4) is 0 Å². The molecule has 0 amide bonds. The lowest BCUT2D eigenvalue weighted by atomic mass is 10.2. The maximum absolute atomic E-state index is 11.0. The highest BCUT2D eigenvalue weighted by molar-refractivity contribution is 6.42. The molecule has 1 N–H and O–H groups in total. The summed E-state index contributed by atoms with van der Waals surface area (Å²) in [6, 6.07) is 4.91. The van der Waals surface area contributed by atoms with Crippen LogP contribution in [0.5, 0.6) is 0 Å². The number of carbonyl (C=O) groups excluding carboxylic acids is 1. The van der Waals surface area contributed by atoms with Crippen LogP contribution in [0.1, 0.15) is 5.69 Å². The van der Waals surface area contributed by atoms with Gasteiger partial charge in [-0.3, -0.25) is 4.98 Å². The predicted octanol–water partition coefficient (Wildman–Crippen LogP) is 0.433. The van der Waals surface area contributed by atoms with Crippen LogP contribution in [0.4, 0.5) is 0 Å². The van der Waals surface area contributed by atoms with E-state index >= 15 is 0 Å². The molecule has 0 unspecified atom stereocenters. The lowest BCUT2D eigenvalue weighted by molar-refractivity contribution is -0.132. The van der Waals surface area contributed by atoms with Crippen molar-refractivity contribution in [2.75, 3.05) is 7.11 Å². The van der Waals surface area contributed by atoms with Gasteiger partial charge in [0.2, 0.25) is 5.71 Å². The Balaban J connectivity index is 3.00. The normalized spacial score (nSPS) is 11.0. The van der Waals surface area contributed by atoms with E-state index in [1.54, 1.807) is 18.2 Å². The Bertz CT molecular complexity index is 321. The number of aromatic nitrogens is 1. The first kappa shape index (κ1) is 9.18. The second-order valence-corrected chi connectivity index (χ2v) is 2.16. The van der Waals surface area contributed by atoms with Gasteiger partial charge in [-0.1, -0.05) is 11.2 Å². The number of pyridine rings is 1. The Kier molecular flexibility index (Phi) is 2.97. The average molecular weight is 180 g/mol. The number of hydrogen-bond donors (Lipinski definition) is 1. The lowest BCUT2D eigenvalue weighted by Crippen LogP contribution is -2.18. The van der Waals surface area contributed by atoms with E-state index in [-0.39, 0.29) is 11.4 Å². The van der Waals surface area contributed by atoms with Gasteiger partial charge in [-0.2, -0.15) is 0 Å². The molecule has 0 spiro atoms. The zero-order valence-electron chi connectivity index (χ0n) is 6.97. The maximum Gasteiger partial charge on any atom is 0.362 e. The van der Waals surface area contributed by atoms with Gasteiger partial charge in [0.05, 0.1) is 12.8 Å². The predicted molar refractivity (Wildman–Crippen MR) is 44.6 cm³/mol. The number of carbonyl (C=O) groups is 1. The molecule has 0 fully saturated rings. The lowest BCUT2D eigenvalue weighted by Gasteiger charge is -1.99. The molecular weight excluding hydrogens is 172 g/mol. The Morgan fingerprint density at radius 1 is 1.62 bits per heavy atom. The zero-order valence-corrected chi connectivity index (χ0v) is 6.97. The van der Waals surface area contributed by atoms with Gasteiger partial charge in [-0.25, -0.2) is 4.79 Å². The van der Waals surface area contributed by atoms with E-state index in [1.165, 1.54) is 13.3 Å². The van der Waals surface area contributed by atoms with E-state index in [4.69, 9.17) is 5.21 Å². The van der Waals surface area contributed by atoms with E-state index in [2.05, 4.69) is 14.9 Å². The average Bonchev–Trinajstić information content (AvgIpc) is 2.20. The minimum Gasteiger partial charge on any atom is -0.464 e. The van der Waals surface area contributed by atoms with Crippen molar-refractivity contribution in [1.82, 2.24) is 4.98 Å². The van der Waals surface area contributed by atoms with Crippen LogP contribution in [-0.4, -0.2) is 29.0 Å². The summed E-state index contributed by atoms with van der Waals surface area (Å²) in [6.07, 6.45) is 1.49. The summed E-state index contributed by atoms with van der Waals surface area (Å²) >= 11 is 0. The Labute approximate surface area is 74.7 Å². The molecule has 0 aliphatic carbocycles. The van der Waals surface area contributed by atoms with Crippen molar-refractivity contribution in [3.63, 3.8) is 0 Å². The van der Waals surface area contributed by atoms with Gasteiger partial charge >= 0.3 is 5.97 Å². The number of rotatable bonds is 2. The van der Waals surface area contributed by atoms with Crippen LogP contribution in [0.15, 0.2) is 29.6 Å². The number of esters is 1. The van der Waals surface area contributed by atoms with Crippen LogP contribution in [0, 0.1) is 0 Å². The minimum atomic E-state index is -0.721. The van der Waals surface area contributed by atoms with Gasteiger partial charge in [-0.05, 0) is 12.1 Å². The van der Waals surface area contributed by atoms with Crippen LogP contribution < -0.4 is 0 Å². The molecule has 1 heterocycles. The van der Waals surface area contributed by atoms with Crippen molar-refractivity contribution in [2.24, 2.45) is 5.16 Å². The fourth-order valence-corrected chi connectivity index (χ4v) is 0.796. The number of ether oxygens (including phenoxy) is 1. The molecule has 1 aromatic heterocycles. The third-order valence-electron chi connectivity index (χ3n) is 1.39. The number of methoxy groups -OCH3 is 1. The Morgan fingerprint density at radius 3 is 2.85 bits per heavy atom. The highest BCUT2D eigenvalue weighted by atomic mass is 16.5. The van der Waals surface area contributed by atoms with E-state index in [9.17, 15) is 4.79 Å². The molecule has 68 valence electrons. The topological polar surface area (TPSA) is 71.8 Å². The van der Waals surface area contributed by atoms with Crippen LogP contribution in [-0.2, 0) is 9.53 Å². The zero-order chi connectivity index (χ0) is 9.68. The molecule has 1 aromatic rings. The fraction of sp³-hybridized carbons (Fsp3) is 0.125. The quantitative estimate of drug-likeness (QED) is 0.310. The highest BCUT2D eigenvalue weighted by Crippen LogP contribution is 1.97. The molecule has 0 saturated carbocycles. The molecular formula is C8H8N2O3. The minimum absolute atomic E-state index is 0.205. The summed E-state index contributed by atoms with van der Waals surface area (Å²) in [4.78, 5) is 14.8. The van der Waals surface area contributed by atoms with E-state index in [0.717, 1.165) is 0 Å². The Hall–Kier alpha value is -1.91. The monoisotopic (exact) mass is 180 g/mol. The summed E-state index contributed by atoms with van der Waals surface area (Å²) in [5.41, 5.74) is 0.0694. The van der Waals surface area contributed by atoms with Crippen LogP contribution in [0.3, 0.4) is 0 Å². The van der Waals surface area contributed by atoms with Crippen molar-refractivity contribution < 1.29 is 14.7 Å². The SMILES string of the molecule is COC(=O)/C(=N\O)c1ccccn1. The molecule has 0 saturated heterocycles. The first-order valence-electron chi connectivity index (χ1n) is 3.51. The van der Waals surface area contributed by atoms with E-state index in [1.807, 2.05) is 0 Å². The van der Waals surface area contributed by atoms with E-state index in [0.29, 0.717) is 0 Å². The summed E-state index contributed by atoms with van der Waals surface area (Å²) in [6.45, 7) is 0. The molecule has 5 heteroatoms. The molecule has 0 aromatic carbocycles. The fourth-order valence-electron chi connectivity index (χ4n) is 0.796. The number of nitrogens with zero attached hydrogens (tertiary/aromatic N) is 2. The summed E-state index contributed by atoms with van der Waals surface area (Å²) in [5.74, 6) is -0.721. The van der Waals surface area contributed by atoms with Crippen molar-refractivity contribution in [1.29, 1.82) is 0 Å². The number of hydrogen-bond acceptors (Lipinski definition) is 5. The standard InChI is InChI=1S/C8H8N2O3/c1-13-8(11)7(10-12)6-4-2-3-5-9-6/h2-5,12H,1H3/b10-7-. The van der Waals surface area contributed by atoms with Gasteiger partial charge < -0.3 is 9.94 Å². The third kappa shape index (κ3) is 2.02. The van der Waals surface area contributed by atoms with Gasteiger partial charge in [0.25, 0.3) is 0 Å². The molecule has 0 radical (unpaired) electrons. The van der Waals surface area contributed by atoms with Crippen molar-refractivity contribution in [3.05, 3.63) is 30.1 Å². The van der Waals surface area contributed by atoms with Crippen molar-refractivity contribution >= 4 is 11.7 Å². The second kappa shape index (κ2) is 4.20.